The van der Waals surface area contributed by atoms with Crippen LogP contribution in [0.2, 0.25) is 0 Å². The average Bonchev–Trinajstić information content (AvgIpc) is 3.52. The summed E-state index contributed by atoms with van der Waals surface area (Å²) in [5.41, 5.74) is -0.725. The maximum Gasteiger partial charge on any atom is 0.417 e. The van der Waals surface area contributed by atoms with Crippen LogP contribution in [0.4, 0.5) is 23.2 Å². The molecular weight excluding hydrogens is 518 g/mol. The highest BCUT2D eigenvalue weighted by molar-refractivity contribution is 5.74. The van der Waals surface area contributed by atoms with Gasteiger partial charge >= 0.3 is 6.18 Å². The van der Waals surface area contributed by atoms with E-state index in [0.29, 0.717) is 29.0 Å². The summed E-state index contributed by atoms with van der Waals surface area (Å²) in [5.74, 6) is -0.343. The number of aromatic nitrogens is 8. The summed E-state index contributed by atoms with van der Waals surface area (Å²) >= 11 is 0. The molecule has 5 aromatic rings. The van der Waals surface area contributed by atoms with E-state index in [2.05, 4.69) is 35.9 Å². The van der Waals surface area contributed by atoms with E-state index in [-0.39, 0.29) is 23.4 Å². The van der Waals surface area contributed by atoms with Crippen molar-refractivity contribution < 1.29 is 22.7 Å². The van der Waals surface area contributed by atoms with E-state index in [1.807, 2.05) is 6.07 Å². The first-order valence-corrected chi connectivity index (χ1v) is 11.6. The Morgan fingerprint density at radius 1 is 1.08 bits per heavy atom. The highest BCUT2D eigenvalue weighted by atomic mass is 19.4. The third-order valence-corrected chi connectivity index (χ3v) is 5.93. The van der Waals surface area contributed by atoms with Gasteiger partial charge in [0.1, 0.15) is 11.6 Å². The van der Waals surface area contributed by atoms with E-state index in [1.165, 1.54) is 27.8 Å². The Kier molecular flexibility index (Phi) is 6.78. The monoisotopic (exact) mass is 539 g/mol. The number of anilines is 1. The van der Waals surface area contributed by atoms with Gasteiger partial charge < -0.3 is 10.4 Å². The van der Waals surface area contributed by atoms with Crippen molar-refractivity contribution in [2.75, 3.05) is 5.32 Å². The molecule has 0 aliphatic rings. The Bertz CT molecular complexity index is 1620. The summed E-state index contributed by atoms with van der Waals surface area (Å²) in [4.78, 5) is 8.91. The first-order valence-electron chi connectivity index (χ1n) is 11.6. The molecule has 0 radical (unpaired) electrons. The molecule has 0 bridgehead atoms. The lowest BCUT2D eigenvalue weighted by molar-refractivity contribution is -0.137. The number of tetrazole rings is 1. The lowest BCUT2D eigenvalue weighted by atomic mass is 9.99. The van der Waals surface area contributed by atoms with Gasteiger partial charge in [0.25, 0.3) is 0 Å². The van der Waals surface area contributed by atoms with Gasteiger partial charge in [-0.3, -0.25) is 4.68 Å². The van der Waals surface area contributed by atoms with Gasteiger partial charge in [0.05, 0.1) is 35.3 Å². The molecule has 39 heavy (non-hydrogen) atoms. The quantitative estimate of drug-likeness (QED) is 0.236. The molecule has 14 heteroatoms. The molecule has 0 amide bonds. The molecule has 10 nitrogen and oxygen atoms in total. The maximum absolute atomic E-state index is 15.0. The predicted octanol–water partition coefficient (Wildman–Crippen LogP) is 3.92. The lowest BCUT2D eigenvalue weighted by Gasteiger charge is -2.20. The van der Waals surface area contributed by atoms with Gasteiger partial charge in [-0.1, -0.05) is 30.3 Å². The molecule has 0 aliphatic heterocycles. The minimum atomic E-state index is -4.84. The van der Waals surface area contributed by atoms with E-state index in [1.54, 1.807) is 38.4 Å². The summed E-state index contributed by atoms with van der Waals surface area (Å²) in [5, 5.41) is 29.1. The van der Waals surface area contributed by atoms with E-state index in [9.17, 15) is 22.7 Å². The minimum Gasteiger partial charge on any atom is -0.369 e. The molecule has 1 unspecified atom stereocenters. The third kappa shape index (κ3) is 5.45. The van der Waals surface area contributed by atoms with Crippen LogP contribution in [0, 0.1) is 5.82 Å². The minimum absolute atomic E-state index is 0.0193. The van der Waals surface area contributed by atoms with Gasteiger partial charge in [-0.2, -0.15) is 18.3 Å². The highest BCUT2D eigenvalue weighted by Crippen LogP contribution is 2.39. The summed E-state index contributed by atoms with van der Waals surface area (Å²) in [6.45, 7) is 0. The Morgan fingerprint density at radius 3 is 2.49 bits per heavy atom. The van der Waals surface area contributed by atoms with Gasteiger partial charge in [-0.05, 0) is 28.6 Å². The van der Waals surface area contributed by atoms with Crippen LogP contribution in [0.25, 0.3) is 22.5 Å². The van der Waals surface area contributed by atoms with Crippen LogP contribution in [0.15, 0.2) is 60.9 Å². The van der Waals surface area contributed by atoms with E-state index in [0.717, 1.165) is 6.07 Å². The van der Waals surface area contributed by atoms with Crippen molar-refractivity contribution in [3.63, 3.8) is 0 Å². The van der Waals surface area contributed by atoms with Crippen molar-refractivity contribution in [2.24, 2.45) is 14.1 Å². The molecule has 5 rings (SSSR count). The second-order valence-corrected chi connectivity index (χ2v) is 8.65. The normalized spacial score (nSPS) is 12.5. The van der Waals surface area contributed by atoms with Crippen molar-refractivity contribution >= 4 is 5.69 Å². The molecule has 3 heterocycles. The fourth-order valence-corrected chi connectivity index (χ4v) is 3.99. The SMILES string of the molecule is Cn1ccc(-c2cc(C(O)Nc3cnc(Cc4nnnn4C)nc3-c3ccccc3)c(F)cc2C(F)(F)F)n1. The molecule has 0 spiro atoms. The van der Waals surface area contributed by atoms with Crippen LogP contribution < -0.4 is 5.32 Å². The molecular formula is C25H21F4N9O. The van der Waals surface area contributed by atoms with Gasteiger partial charge in [0.2, 0.25) is 0 Å². The van der Waals surface area contributed by atoms with Crippen LogP contribution in [0.3, 0.4) is 0 Å². The number of nitrogens with zero attached hydrogens (tertiary/aromatic N) is 8. The summed E-state index contributed by atoms with van der Waals surface area (Å²) in [6, 6.07) is 11.6. The van der Waals surface area contributed by atoms with Crippen molar-refractivity contribution in [1.29, 1.82) is 0 Å². The molecule has 2 aromatic carbocycles. The summed E-state index contributed by atoms with van der Waals surface area (Å²) in [7, 11) is 3.23. The number of aliphatic hydroxyl groups is 1. The standard InChI is InChI=1S/C25H21F4N9O/c1-37-9-8-19(34-37)15-10-16(18(26)11-17(15)25(27,28)29)24(39)31-20-13-30-21(12-22-33-35-36-38(22)2)32-23(20)14-6-4-3-5-7-14/h3-11,13,24,31,39H,12H2,1-2H3. The lowest BCUT2D eigenvalue weighted by Crippen LogP contribution is -2.16. The predicted molar refractivity (Wildman–Crippen MR) is 131 cm³/mol. The van der Waals surface area contributed by atoms with Gasteiger partial charge in [0, 0.05) is 37.0 Å². The first kappa shape index (κ1) is 25.9. The van der Waals surface area contributed by atoms with Gasteiger partial charge in [-0.15, -0.1) is 5.10 Å². The molecule has 3 aromatic heterocycles. The Balaban J connectivity index is 1.53. The zero-order chi connectivity index (χ0) is 27.7. The third-order valence-electron chi connectivity index (χ3n) is 5.93. The van der Waals surface area contributed by atoms with Crippen LogP contribution in [-0.2, 0) is 26.7 Å². The van der Waals surface area contributed by atoms with Gasteiger partial charge in [0.15, 0.2) is 12.1 Å². The molecule has 0 saturated heterocycles. The van der Waals surface area contributed by atoms with Crippen molar-refractivity contribution in [1.82, 2.24) is 40.0 Å². The smallest absolute Gasteiger partial charge is 0.369 e. The largest absolute Gasteiger partial charge is 0.417 e. The zero-order valence-electron chi connectivity index (χ0n) is 20.6. The van der Waals surface area contributed by atoms with Crippen LogP contribution >= 0.6 is 0 Å². The topological polar surface area (TPSA) is 119 Å². The number of aliphatic hydroxyl groups excluding tert-OH is 1. The number of alkyl halides is 3. The number of hydrogen-bond acceptors (Lipinski definition) is 8. The first-order chi connectivity index (χ1) is 18.6. The summed E-state index contributed by atoms with van der Waals surface area (Å²) < 4.78 is 59.0. The van der Waals surface area contributed by atoms with E-state index < -0.39 is 29.3 Å². The maximum atomic E-state index is 15.0. The second-order valence-electron chi connectivity index (χ2n) is 8.65. The van der Waals surface area contributed by atoms with Crippen LogP contribution in [-0.4, -0.2) is 45.1 Å². The van der Waals surface area contributed by atoms with Crippen LogP contribution in [0.1, 0.15) is 29.0 Å². The molecule has 200 valence electrons. The number of rotatable bonds is 7. The van der Waals surface area contributed by atoms with Crippen molar-refractivity contribution in [3.8, 4) is 22.5 Å². The van der Waals surface area contributed by atoms with Crippen LogP contribution in [0.5, 0.6) is 0 Å². The Morgan fingerprint density at radius 2 is 1.85 bits per heavy atom. The fourth-order valence-electron chi connectivity index (χ4n) is 3.99. The Labute approximate surface area is 219 Å². The van der Waals surface area contributed by atoms with Crippen molar-refractivity contribution in [2.45, 2.75) is 18.8 Å². The molecule has 0 aliphatic carbocycles. The summed E-state index contributed by atoms with van der Waals surface area (Å²) in [6.07, 6.45) is -3.50. The van der Waals surface area contributed by atoms with Gasteiger partial charge in [-0.25, -0.2) is 19.0 Å². The number of aryl methyl sites for hydroxylation is 2. The fraction of sp³-hybridized carbons (Fsp3) is 0.200. The molecule has 1 atom stereocenters. The molecule has 0 fully saturated rings. The number of halogens is 4. The molecule has 2 N–H and O–H groups in total. The van der Waals surface area contributed by atoms with Crippen molar-refractivity contribution in [3.05, 3.63) is 89.5 Å². The highest BCUT2D eigenvalue weighted by Gasteiger charge is 2.36. The average molecular weight is 539 g/mol. The number of hydrogen-bond donors (Lipinski definition) is 2. The van der Waals surface area contributed by atoms with E-state index >= 15 is 0 Å². The molecule has 0 saturated carbocycles. The number of benzene rings is 2. The zero-order valence-corrected chi connectivity index (χ0v) is 20.6. The van der Waals surface area contributed by atoms with E-state index in [4.69, 9.17) is 0 Å². The number of nitrogens with one attached hydrogen (secondary N) is 1. The Hall–Kier alpha value is -4.72. The second kappa shape index (κ2) is 10.2.